The van der Waals surface area contributed by atoms with Crippen LogP contribution in [0.25, 0.3) is 0 Å². The van der Waals surface area contributed by atoms with Crippen LogP contribution >= 0.6 is 0 Å². The number of carbonyl (C=O) groups is 2. The molecule has 3 rings (SSSR count). The number of aryl methyl sites for hydroxylation is 2. The summed E-state index contributed by atoms with van der Waals surface area (Å²) < 4.78 is 5.23. The summed E-state index contributed by atoms with van der Waals surface area (Å²) in [5, 5.41) is 9.15. The largest absolute Gasteiger partial charge is 0.340 e. The quantitative estimate of drug-likeness (QED) is 0.874. The first kappa shape index (κ1) is 17.9. The van der Waals surface area contributed by atoms with Crippen molar-refractivity contribution < 1.29 is 14.1 Å². The van der Waals surface area contributed by atoms with Crippen molar-refractivity contribution in [2.45, 2.75) is 32.6 Å². The Balaban J connectivity index is 1.49. The first-order chi connectivity index (χ1) is 12.5. The van der Waals surface area contributed by atoms with Gasteiger partial charge in [0, 0.05) is 18.8 Å². The van der Waals surface area contributed by atoms with Crippen molar-refractivity contribution in [3.8, 4) is 0 Å². The molecule has 1 aliphatic rings. The summed E-state index contributed by atoms with van der Waals surface area (Å²) in [5.74, 6) is 1.10. The fraction of sp³-hybridized carbons (Fsp3) is 0.444. The first-order valence-corrected chi connectivity index (χ1v) is 8.71. The third-order valence-corrected chi connectivity index (χ3v) is 4.34. The van der Waals surface area contributed by atoms with Crippen LogP contribution in [0, 0.1) is 13.8 Å². The Morgan fingerprint density at radius 2 is 2.19 bits per heavy atom. The molecule has 1 fully saturated rings. The summed E-state index contributed by atoms with van der Waals surface area (Å²) in [6.45, 7) is 4.87. The van der Waals surface area contributed by atoms with Crippen LogP contribution in [0.2, 0.25) is 0 Å². The minimum absolute atomic E-state index is 0.0484. The highest BCUT2D eigenvalue weighted by Gasteiger charge is 2.28. The van der Waals surface area contributed by atoms with Crippen LogP contribution in [0.1, 0.15) is 36.0 Å². The Hall–Kier alpha value is -2.90. The van der Waals surface area contributed by atoms with E-state index in [0.29, 0.717) is 30.5 Å². The van der Waals surface area contributed by atoms with Gasteiger partial charge < -0.3 is 20.1 Å². The molecule has 2 aromatic rings. The molecule has 0 spiro atoms. The summed E-state index contributed by atoms with van der Waals surface area (Å²) in [5.41, 5.74) is 1.74. The molecular formula is C18H23N5O3. The highest BCUT2D eigenvalue weighted by Crippen LogP contribution is 2.25. The number of anilines is 1. The molecule has 8 nitrogen and oxygen atoms in total. The molecule has 2 heterocycles. The molecule has 0 aliphatic carbocycles. The Morgan fingerprint density at radius 3 is 2.92 bits per heavy atom. The molecule has 1 saturated heterocycles. The number of hydrogen-bond donors (Lipinski definition) is 2. The second kappa shape index (κ2) is 7.99. The van der Waals surface area contributed by atoms with Crippen LogP contribution in [0.5, 0.6) is 0 Å². The Labute approximate surface area is 151 Å². The summed E-state index contributed by atoms with van der Waals surface area (Å²) in [6.07, 6.45) is 1.78. The maximum atomic E-state index is 12.4. The average Bonchev–Trinajstić information content (AvgIpc) is 3.06. The third kappa shape index (κ3) is 4.59. The molecule has 1 atom stereocenters. The normalized spacial score (nSPS) is 17.0. The van der Waals surface area contributed by atoms with Gasteiger partial charge in [-0.1, -0.05) is 17.3 Å². The minimum atomic E-state index is -0.398. The van der Waals surface area contributed by atoms with Gasteiger partial charge in [0.05, 0.1) is 12.5 Å². The van der Waals surface area contributed by atoms with E-state index in [1.165, 1.54) is 0 Å². The molecule has 26 heavy (non-hydrogen) atoms. The molecule has 138 valence electrons. The predicted octanol–water partition coefficient (Wildman–Crippen LogP) is 2.21. The number of nitrogens with zero attached hydrogens (tertiary/aromatic N) is 3. The molecule has 1 aromatic heterocycles. The van der Waals surface area contributed by atoms with Gasteiger partial charge in [-0.3, -0.25) is 4.79 Å². The van der Waals surface area contributed by atoms with Gasteiger partial charge in [-0.15, -0.1) is 0 Å². The zero-order chi connectivity index (χ0) is 18.5. The summed E-state index contributed by atoms with van der Waals surface area (Å²) >= 11 is 0. The van der Waals surface area contributed by atoms with Crippen LogP contribution in [0.15, 0.2) is 28.8 Å². The van der Waals surface area contributed by atoms with Crippen molar-refractivity contribution in [2.75, 3.05) is 25.0 Å². The van der Waals surface area contributed by atoms with Gasteiger partial charge in [-0.05, 0) is 44.4 Å². The lowest BCUT2D eigenvalue weighted by Crippen LogP contribution is -2.45. The number of aromatic nitrogens is 2. The molecule has 2 N–H and O–H groups in total. The number of likely N-dealkylation sites (tertiary alicyclic amines) is 1. The summed E-state index contributed by atoms with van der Waals surface area (Å²) in [7, 11) is 0. The smallest absolute Gasteiger partial charge is 0.319 e. The van der Waals surface area contributed by atoms with E-state index in [1.807, 2.05) is 25.1 Å². The molecule has 1 aromatic carbocycles. The van der Waals surface area contributed by atoms with E-state index in [0.717, 1.165) is 18.4 Å². The number of carbonyl (C=O) groups excluding carboxylic acids is 2. The Kier molecular flexibility index (Phi) is 5.50. The number of benzene rings is 1. The number of nitrogens with one attached hydrogen (secondary N) is 2. The van der Waals surface area contributed by atoms with Crippen LogP contribution in [0.3, 0.4) is 0 Å². The third-order valence-electron chi connectivity index (χ3n) is 4.34. The summed E-state index contributed by atoms with van der Waals surface area (Å²) in [6, 6.07) is 7.08. The van der Waals surface area contributed by atoms with Crippen molar-refractivity contribution >= 4 is 17.6 Å². The van der Waals surface area contributed by atoms with Crippen LogP contribution in [0.4, 0.5) is 10.5 Å². The lowest BCUT2D eigenvalue weighted by molar-refractivity contribution is -0.131. The molecular weight excluding hydrogens is 334 g/mol. The van der Waals surface area contributed by atoms with Crippen molar-refractivity contribution in [3.63, 3.8) is 0 Å². The van der Waals surface area contributed by atoms with E-state index in [2.05, 4.69) is 20.8 Å². The Bertz CT molecular complexity index is 789. The van der Waals surface area contributed by atoms with Gasteiger partial charge in [0.2, 0.25) is 11.8 Å². The zero-order valence-corrected chi connectivity index (χ0v) is 15.0. The van der Waals surface area contributed by atoms with Crippen molar-refractivity contribution in [2.24, 2.45) is 0 Å². The Morgan fingerprint density at radius 1 is 1.35 bits per heavy atom. The zero-order valence-electron chi connectivity index (χ0n) is 15.0. The molecule has 0 saturated carbocycles. The van der Waals surface area contributed by atoms with Crippen LogP contribution in [-0.4, -0.2) is 46.6 Å². The fourth-order valence-corrected chi connectivity index (χ4v) is 3.05. The lowest BCUT2D eigenvalue weighted by Gasteiger charge is -2.31. The lowest BCUT2D eigenvalue weighted by atomic mass is 9.98. The van der Waals surface area contributed by atoms with Gasteiger partial charge in [0.25, 0.3) is 0 Å². The second-order valence-corrected chi connectivity index (χ2v) is 6.54. The van der Waals surface area contributed by atoms with Gasteiger partial charge >= 0.3 is 6.03 Å². The maximum Gasteiger partial charge on any atom is 0.319 e. The van der Waals surface area contributed by atoms with Gasteiger partial charge in [-0.2, -0.15) is 4.98 Å². The van der Waals surface area contributed by atoms with E-state index in [1.54, 1.807) is 17.9 Å². The highest BCUT2D eigenvalue weighted by atomic mass is 16.5. The molecule has 3 amide bonds. The van der Waals surface area contributed by atoms with E-state index in [9.17, 15) is 9.59 Å². The number of amides is 3. The van der Waals surface area contributed by atoms with Gasteiger partial charge in [0.1, 0.15) is 0 Å². The van der Waals surface area contributed by atoms with Gasteiger partial charge in [-0.25, -0.2) is 4.79 Å². The van der Waals surface area contributed by atoms with Crippen molar-refractivity contribution in [1.29, 1.82) is 0 Å². The molecule has 0 radical (unpaired) electrons. The number of urea groups is 1. The molecule has 1 aliphatic heterocycles. The van der Waals surface area contributed by atoms with Crippen LogP contribution in [-0.2, 0) is 4.79 Å². The fourth-order valence-electron chi connectivity index (χ4n) is 3.05. The van der Waals surface area contributed by atoms with E-state index < -0.39 is 6.03 Å². The van der Waals surface area contributed by atoms with Crippen molar-refractivity contribution in [1.82, 2.24) is 20.4 Å². The average molecular weight is 357 g/mol. The van der Waals surface area contributed by atoms with Crippen LogP contribution < -0.4 is 10.6 Å². The number of rotatable bonds is 4. The highest BCUT2D eigenvalue weighted by molar-refractivity contribution is 5.92. The second-order valence-electron chi connectivity index (χ2n) is 6.54. The monoisotopic (exact) mass is 357 g/mol. The summed E-state index contributed by atoms with van der Waals surface area (Å²) in [4.78, 5) is 30.4. The maximum absolute atomic E-state index is 12.4. The number of hydrogen-bond acceptors (Lipinski definition) is 5. The molecule has 0 bridgehead atoms. The van der Waals surface area contributed by atoms with E-state index in [4.69, 9.17) is 4.52 Å². The van der Waals surface area contributed by atoms with Crippen molar-refractivity contribution in [3.05, 3.63) is 41.5 Å². The topological polar surface area (TPSA) is 100 Å². The predicted molar refractivity (Wildman–Crippen MR) is 95.8 cm³/mol. The SMILES string of the molecule is Cc1cccc(NC(=O)NCC(=O)N2CCCC(c3nc(C)no3)C2)c1. The number of piperidine rings is 1. The minimum Gasteiger partial charge on any atom is -0.340 e. The van der Waals surface area contributed by atoms with Gasteiger partial charge in [0.15, 0.2) is 5.82 Å². The first-order valence-electron chi connectivity index (χ1n) is 8.71. The molecule has 1 unspecified atom stereocenters. The van der Waals surface area contributed by atoms with E-state index >= 15 is 0 Å². The molecule has 8 heteroatoms. The standard InChI is InChI=1S/C18H23N5O3/c1-12-5-3-7-15(9-12)21-18(25)19-10-16(24)23-8-4-6-14(11-23)17-20-13(2)22-26-17/h3,5,7,9,14H,4,6,8,10-11H2,1-2H3,(H2,19,21,25). The van der Waals surface area contributed by atoms with E-state index in [-0.39, 0.29) is 18.4 Å².